The van der Waals surface area contributed by atoms with Gasteiger partial charge in [0, 0.05) is 6.42 Å². The summed E-state index contributed by atoms with van der Waals surface area (Å²) >= 11 is 0. The van der Waals surface area contributed by atoms with Crippen molar-refractivity contribution in [2.24, 2.45) is 0 Å². The summed E-state index contributed by atoms with van der Waals surface area (Å²) in [6.07, 6.45) is 6.81. The highest BCUT2D eigenvalue weighted by Gasteiger charge is 1.83. The second-order valence-corrected chi connectivity index (χ2v) is 2.86. The Kier molecular flexibility index (Phi) is 4.42. The highest BCUT2D eigenvalue weighted by Crippen LogP contribution is 2.03. The Morgan fingerprint density at radius 3 is 2.69 bits per heavy atom. The highest BCUT2D eigenvalue weighted by molar-refractivity contribution is 5.48. The lowest BCUT2D eigenvalue weighted by Gasteiger charge is -1.90. The summed E-state index contributed by atoms with van der Waals surface area (Å²) < 4.78 is 0. The largest absolute Gasteiger partial charge is 0.198 e. The maximum Gasteiger partial charge on any atom is 0.0621 e. The lowest BCUT2D eigenvalue weighted by atomic mass is 10.2. The average Bonchev–Trinajstić information content (AvgIpc) is 2.19. The van der Waals surface area contributed by atoms with Gasteiger partial charge < -0.3 is 0 Å². The molecule has 0 aliphatic heterocycles. The van der Waals surface area contributed by atoms with Crippen molar-refractivity contribution < 1.29 is 0 Å². The van der Waals surface area contributed by atoms with Crippen LogP contribution in [0, 0.1) is 11.3 Å². The van der Waals surface area contributed by atoms with Gasteiger partial charge in [0.05, 0.1) is 6.07 Å². The summed E-state index contributed by atoms with van der Waals surface area (Å²) in [5, 5.41) is 8.31. The Bertz CT molecular complexity index is 293. The van der Waals surface area contributed by atoms with Crippen LogP contribution in [0.3, 0.4) is 0 Å². The first-order chi connectivity index (χ1) is 6.43. The van der Waals surface area contributed by atoms with Crippen molar-refractivity contribution in [3.8, 4) is 6.07 Å². The molecular weight excluding hydrogens is 158 g/mol. The first kappa shape index (κ1) is 9.54. The van der Waals surface area contributed by atoms with Gasteiger partial charge in [0.15, 0.2) is 0 Å². The molecule has 1 heteroatoms. The molecule has 0 spiro atoms. The van der Waals surface area contributed by atoms with E-state index >= 15 is 0 Å². The molecule has 0 atom stereocenters. The first-order valence-electron chi connectivity index (χ1n) is 4.52. The first-order valence-corrected chi connectivity index (χ1v) is 4.52. The third kappa shape index (κ3) is 4.12. The fourth-order valence-corrected chi connectivity index (χ4v) is 1.08. The third-order valence-electron chi connectivity index (χ3n) is 1.77. The van der Waals surface area contributed by atoms with Gasteiger partial charge in [-0.15, -0.1) is 0 Å². The van der Waals surface area contributed by atoms with Crippen LogP contribution in [0.5, 0.6) is 0 Å². The van der Waals surface area contributed by atoms with E-state index in [0.717, 1.165) is 12.8 Å². The van der Waals surface area contributed by atoms with Crippen LogP contribution in [0.25, 0.3) is 6.08 Å². The molecular formula is C12H13N. The number of nitrogens with zero attached hydrogens (tertiary/aromatic N) is 1. The zero-order valence-electron chi connectivity index (χ0n) is 7.61. The van der Waals surface area contributed by atoms with E-state index in [1.54, 1.807) is 0 Å². The van der Waals surface area contributed by atoms with E-state index in [0.29, 0.717) is 6.42 Å². The summed E-state index contributed by atoms with van der Waals surface area (Å²) in [5.74, 6) is 0. The molecule has 0 fully saturated rings. The monoisotopic (exact) mass is 171 g/mol. The van der Waals surface area contributed by atoms with E-state index in [9.17, 15) is 0 Å². The standard InChI is InChI=1S/C12H13N/c13-11-7-2-1-4-8-12-9-5-3-6-10-12/h3-6,8-10H,1-2,7H2. The molecule has 0 saturated carbocycles. The van der Waals surface area contributed by atoms with Gasteiger partial charge in [0.25, 0.3) is 0 Å². The quantitative estimate of drug-likeness (QED) is 0.637. The maximum absolute atomic E-state index is 8.31. The van der Waals surface area contributed by atoms with Crippen LogP contribution >= 0.6 is 0 Å². The Labute approximate surface area is 79.3 Å². The molecule has 0 aromatic heterocycles. The minimum atomic E-state index is 0.652. The number of allylic oxidation sites excluding steroid dienone is 1. The number of hydrogen-bond donors (Lipinski definition) is 0. The zero-order valence-corrected chi connectivity index (χ0v) is 7.61. The summed E-state index contributed by atoms with van der Waals surface area (Å²) in [6.45, 7) is 0. The normalized spacial score (nSPS) is 10.1. The molecule has 0 bridgehead atoms. The molecule has 0 unspecified atom stereocenters. The van der Waals surface area contributed by atoms with Gasteiger partial charge in [-0.3, -0.25) is 0 Å². The van der Waals surface area contributed by atoms with Crippen molar-refractivity contribution in [2.75, 3.05) is 0 Å². The van der Waals surface area contributed by atoms with Gasteiger partial charge in [-0.2, -0.15) is 5.26 Å². The second kappa shape index (κ2) is 6.02. The van der Waals surface area contributed by atoms with E-state index < -0.39 is 0 Å². The number of hydrogen-bond acceptors (Lipinski definition) is 1. The van der Waals surface area contributed by atoms with Crippen LogP contribution in [0.1, 0.15) is 24.8 Å². The highest BCUT2D eigenvalue weighted by atomic mass is 14.2. The van der Waals surface area contributed by atoms with Crippen molar-refractivity contribution in [3.63, 3.8) is 0 Å². The van der Waals surface area contributed by atoms with Gasteiger partial charge in [-0.25, -0.2) is 0 Å². The molecule has 66 valence electrons. The minimum Gasteiger partial charge on any atom is -0.198 e. The second-order valence-electron chi connectivity index (χ2n) is 2.86. The summed E-state index contributed by atoms with van der Waals surface area (Å²) in [7, 11) is 0. The third-order valence-corrected chi connectivity index (χ3v) is 1.77. The van der Waals surface area contributed by atoms with Crippen LogP contribution in [0.4, 0.5) is 0 Å². The Morgan fingerprint density at radius 2 is 2.00 bits per heavy atom. The molecule has 1 aromatic rings. The SMILES string of the molecule is N#CCCCC=Cc1ccccc1. The fourth-order valence-electron chi connectivity index (χ4n) is 1.08. The van der Waals surface area contributed by atoms with E-state index in [4.69, 9.17) is 5.26 Å². The summed E-state index contributed by atoms with van der Waals surface area (Å²) in [4.78, 5) is 0. The maximum atomic E-state index is 8.31. The number of benzene rings is 1. The van der Waals surface area contributed by atoms with Crippen molar-refractivity contribution in [1.82, 2.24) is 0 Å². The molecule has 0 saturated heterocycles. The number of rotatable bonds is 4. The smallest absolute Gasteiger partial charge is 0.0621 e. The van der Waals surface area contributed by atoms with Crippen LogP contribution in [0.2, 0.25) is 0 Å². The molecule has 0 radical (unpaired) electrons. The molecule has 1 rings (SSSR count). The molecule has 0 N–H and O–H groups in total. The molecule has 1 nitrogen and oxygen atoms in total. The zero-order chi connectivity index (χ0) is 9.36. The molecule has 0 aliphatic carbocycles. The van der Waals surface area contributed by atoms with E-state index in [-0.39, 0.29) is 0 Å². The Morgan fingerprint density at radius 1 is 1.23 bits per heavy atom. The number of unbranched alkanes of at least 4 members (excludes halogenated alkanes) is 2. The van der Waals surface area contributed by atoms with Gasteiger partial charge in [0.2, 0.25) is 0 Å². The lowest BCUT2D eigenvalue weighted by molar-refractivity contribution is 0.879. The average molecular weight is 171 g/mol. The molecule has 0 heterocycles. The van der Waals surface area contributed by atoms with Crippen molar-refractivity contribution in [2.45, 2.75) is 19.3 Å². The molecule has 0 aliphatic rings. The van der Waals surface area contributed by atoms with Gasteiger partial charge >= 0.3 is 0 Å². The van der Waals surface area contributed by atoms with E-state index in [1.165, 1.54) is 5.56 Å². The van der Waals surface area contributed by atoms with Crippen molar-refractivity contribution >= 4 is 6.08 Å². The molecule has 13 heavy (non-hydrogen) atoms. The minimum absolute atomic E-state index is 0.652. The topological polar surface area (TPSA) is 23.8 Å². The van der Waals surface area contributed by atoms with E-state index in [1.807, 2.05) is 18.2 Å². The van der Waals surface area contributed by atoms with Crippen LogP contribution < -0.4 is 0 Å². The Hall–Kier alpha value is -1.55. The van der Waals surface area contributed by atoms with Gasteiger partial charge in [-0.05, 0) is 18.4 Å². The van der Waals surface area contributed by atoms with Crippen LogP contribution in [-0.2, 0) is 0 Å². The van der Waals surface area contributed by atoms with Crippen LogP contribution in [0.15, 0.2) is 36.4 Å². The fraction of sp³-hybridized carbons (Fsp3) is 0.250. The molecule has 0 amide bonds. The molecule has 1 aromatic carbocycles. The predicted molar refractivity (Wildman–Crippen MR) is 54.9 cm³/mol. The Balaban J connectivity index is 2.29. The van der Waals surface area contributed by atoms with Gasteiger partial charge in [-0.1, -0.05) is 42.5 Å². The summed E-state index contributed by atoms with van der Waals surface area (Å²) in [6, 6.07) is 12.3. The number of nitriles is 1. The van der Waals surface area contributed by atoms with Crippen molar-refractivity contribution in [1.29, 1.82) is 5.26 Å². The lowest BCUT2D eigenvalue weighted by Crippen LogP contribution is -1.70. The van der Waals surface area contributed by atoms with E-state index in [2.05, 4.69) is 30.4 Å². The van der Waals surface area contributed by atoms with Crippen LogP contribution in [-0.4, -0.2) is 0 Å². The van der Waals surface area contributed by atoms with Crippen molar-refractivity contribution in [3.05, 3.63) is 42.0 Å². The van der Waals surface area contributed by atoms with Gasteiger partial charge in [0.1, 0.15) is 0 Å². The predicted octanol–water partition coefficient (Wildman–Crippen LogP) is 3.39. The summed E-state index contributed by atoms with van der Waals surface area (Å²) in [5.41, 5.74) is 1.22.